The monoisotopic (exact) mass is 383 g/mol. The zero-order chi connectivity index (χ0) is 19.1. The van der Waals surface area contributed by atoms with Gasteiger partial charge in [0.05, 0.1) is 7.11 Å². The van der Waals surface area contributed by atoms with E-state index >= 15 is 0 Å². The maximum atomic E-state index is 12.2. The fourth-order valence-corrected chi connectivity index (χ4v) is 2.43. The lowest BCUT2D eigenvalue weighted by molar-refractivity contribution is -0.119. The molecule has 0 aliphatic carbocycles. The topological polar surface area (TPSA) is 84.9 Å². The molecule has 138 valence electrons. The van der Waals surface area contributed by atoms with Gasteiger partial charge in [-0.05, 0) is 42.5 Å². The Labute approximate surface area is 152 Å². The molecule has 0 saturated heterocycles. The first kappa shape index (κ1) is 19.5. The van der Waals surface area contributed by atoms with Crippen LogP contribution in [0.2, 0.25) is 0 Å². The molecule has 2 aromatic rings. The molecule has 2 aromatic carbocycles. The Balaban J connectivity index is 1.89. The summed E-state index contributed by atoms with van der Waals surface area (Å²) in [5, 5.41) is 12.1. The quantitative estimate of drug-likeness (QED) is 0.562. The van der Waals surface area contributed by atoms with Crippen LogP contribution in [0.5, 0.6) is 11.5 Å². The van der Waals surface area contributed by atoms with Gasteiger partial charge in [-0.15, -0.1) is 0 Å². The van der Waals surface area contributed by atoms with Gasteiger partial charge in [0.25, 0.3) is 11.7 Å². The number of thioether (sulfide) groups is 1. The number of hydrogen-bond donors (Lipinski definition) is 2. The van der Waals surface area contributed by atoms with Crippen molar-refractivity contribution in [3.63, 3.8) is 0 Å². The summed E-state index contributed by atoms with van der Waals surface area (Å²) in [5.41, 5.74) is 0.236. The molecule has 6 nitrogen and oxygen atoms in total. The second-order valence-corrected chi connectivity index (χ2v) is 5.97. The Morgan fingerprint density at radius 1 is 1.19 bits per heavy atom. The smallest absolute Gasteiger partial charge is 0.342 e. The average molecular weight is 383 g/mol. The number of rotatable bonds is 7. The lowest BCUT2D eigenvalue weighted by Crippen LogP contribution is -2.21. The van der Waals surface area contributed by atoms with Crippen LogP contribution in [0.15, 0.2) is 47.4 Å². The summed E-state index contributed by atoms with van der Waals surface area (Å²) in [7, 11) is 1.40. The predicted octanol–water partition coefficient (Wildman–Crippen LogP) is 3.51. The molecule has 0 saturated carbocycles. The van der Waals surface area contributed by atoms with Crippen molar-refractivity contribution >= 4 is 29.3 Å². The minimum Gasteiger partial charge on any atom is -0.507 e. The molecular weight excluding hydrogens is 368 g/mol. The first-order valence-electron chi connectivity index (χ1n) is 7.28. The van der Waals surface area contributed by atoms with E-state index in [-0.39, 0.29) is 11.3 Å². The van der Waals surface area contributed by atoms with Crippen molar-refractivity contribution in [2.45, 2.75) is 10.7 Å². The summed E-state index contributed by atoms with van der Waals surface area (Å²) < 4.78 is 34.3. The highest BCUT2D eigenvalue weighted by Crippen LogP contribution is 2.26. The van der Waals surface area contributed by atoms with Gasteiger partial charge in [-0.3, -0.25) is 4.79 Å². The van der Waals surface area contributed by atoms with E-state index in [1.54, 1.807) is 0 Å². The Morgan fingerprint density at radius 3 is 2.50 bits per heavy atom. The van der Waals surface area contributed by atoms with Crippen LogP contribution < -0.4 is 10.1 Å². The molecule has 0 heterocycles. The Hall–Kier alpha value is -2.81. The molecular formula is C17H15F2NO5S. The number of carbonyl (C=O) groups excluding carboxylic acids is 2. The lowest BCUT2D eigenvalue weighted by atomic mass is 10.2. The summed E-state index contributed by atoms with van der Waals surface area (Å²) in [4.78, 5) is 24.1. The van der Waals surface area contributed by atoms with Gasteiger partial charge in [-0.25, -0.2) is 4.79 Å². The predicted molar refractivity (Wildman–Crippen MR) is 91.9 cm³/mol. The third-order valence-electron chi connectivity index (χ3n) is 3.12. The largest absolute Gasteiger partial charge is 0.507 e. The fraction of sp³-hybridized carbons (Fsp3) is 0.176. The van der Waals surface area contributed by atoms with Crippen LogP contribution in [0.1, 0.15) is 10.4 Å². The van der Waals surface area contributed by atoms with Gasteiger partial charge in [-0.1, -0.05) is 11.8 Å². The average Bonchev–Trinajstić information content (AvgIpc) is 2.61. The number of benzene rings is 2. The number of anilines is 1. The third kappa shape index (κ3) is 5.62. The van der Waals surface area contributed by atoms with Crippen LogP contribution in [-0.4, -0.2) is 36.5 Å². The van der Waals surface area contributed by atoms with Crippen molar-refractivity contribution in [3.8, 4) is 11.5 Å². The number of hydrogen-bond acceptors (Lipinski definition) is 6. The molecule has 2 rings (SSSR count). The van der Waals surface area contributed by atoms with E-state index in [2.05, 4.69) is 5.32 Å². The second kappa shape index (κ2) is 9.04. The molecule has 2 N–H and O–H groups in total. The number of phenols is 1. The molecule has 0 unspecified atom stereocenters. The number of ether oxygens (including phenoxy) is 2. The highest BCUT2D eigenvalue weighted by molar-refractivity contribution is 7.99. The van der Waals surface area contributed by atoms with Crippen LogP contribution in [-0.2, 0) is 9.53 Å². The number of amides is 1. The summed E-state index contributed by atoms with van der Waals surface area (Å²) in [5.74, 6) is -3.98. The minimum absolute atomic E-state index is 0.134. The molecule has 1 amide bonds. The first-order valence-corrected chi connectivity index (χ1v) is 8.16. The van der Waals surface area contributed by atoms with Crippen molar-refractivity contribution < 1.29 is 33.0 Å². The Kier molecular flexibility index (Phi) is 6.79. The van der Waals surface area contributed by atoms with E-state index < -0.39 is 24.2 Å². The van der Waals surface area contributed by atoms with E-state index in [9.17, 15) is 23.5 Å². The maximum Gasteiger partial charge on any atom is 0.342 e. The number of esters is 1. The number of methoxy groups -OCH3 is 1. The number of halogens is 2. The highest BCUT2D eigenvalue weighted by Gasteiger charge is 2.16. The molecule has 0 fully saturated rings. The van der Waals surface area contributed by atoms with Crippen LogP contribution in [0, 0.1) is 0 Å². The first-order chi connectivity index (χ1) is 12.4. The van der Waals surface area contributed by atoms with Crippen LogP contribution in [0.3, 0.4) is 0 Å². The van der Waals surface area contributed by atoms with E-state index in [1.807, 2.05) is 0 Å². The van der Waals surface area contributed by atoms with Crippen LogP contribution >= 0.6 is 11.8 Å². The summed E-state index contributed by atoms with van der Waals surface area (Å²) >= 11 is 0.393. The zero-order valence-electron chi connectivity index (χ0n) is 13.6. The number of alkyl halides is 2. The number of phenolic OH excluding ortho intramolecular Hbond substituents is 1. The zero-order valence-corrected chi connectivity index (χ0v) is 14.4. The molecule has 0 bridgehead atoms. The van der Waals surface area contributed by atoms with E-state index in [1.165, 1.54) is 49.6 Å². The number of nitrogens with one attached hydrogen (secondary N) is 1. The molecule has 0 spiro atoms. The fourth-order valence-electron chi connectivity index (χ4n) is 1.93. The van der Waals surface area contributed by atoms with Crippen LogP contribution in [0.4, 0.5) is 14.5 Å². The molecule has 0 aliphatic heterocycles. The van der Waals surface area contributed by atoms with Crippen molar-refractivity contribution in [2.75, 3.05) is 19.0 Å². The van der Waals surface area contributed by atoms with E-state index in [0.29, 0.717) is 28.1 Å². The van der Waals surface area contributed by atoms with Gasteiger partial charge in [0.2, 0.25) is 0 Å². The van der Waals surface area contributed by atoms with Gasteiger partial charge in [0.1, 0.15) is 17.1 Å². The summed E-state index contributed by atoms with van der Waals surface area (Å²) in [6.45, 7) is -0.580. The van der Waals surface area contributed by atoms with Gasteiger partial charge >= 0.3 is 5.97 Å². The summed E-state index contributed by atoms with van der Waals surface area (Å²) in [6, 6.07) is 9.81. The molecule has 0 aliphatic rings. The van der Waals surface area contributed by atoms with Crippen molar-refractivity contribution in [2.24, 2.45) is 0 Å². The molecule has 0 atom stereocenters. The standard InChI is InChI=1S/C17H15F2NO5S/c1-24-11-4-7-14(21)13(8-11)16(23)25-9-15(22)20-10-2-5-12(6-3-10)26-17(18)19/h2-8,17,21H,9H2,1H3,(H,20,22). The Morgan fingerprint density at radius 2 is 1.88 bits per heavy atom. The van der Waals surface area contributed by atoms with Gasteiger partial charge in [0.15, 0.2) is 6.61 Å². The van der Waals surface area contributed by atoms with Crippen molar-refractivity contribution in [1.82, 2.24) is 0 Å². The van der Waals surface area contributed by atoms with E-state index in [0.717, 1.165) is 0 Å². The van der Waals surface area contributed by atoms with E-state index in [4.69, 9.17) is 9.47 Å². The summed E-state index contributed by atoms with van der Waals surface area (Å²) in [6.07, 6.45) is 0. The molecule has 9 heteroatoms. The second-order valence-electron chi connectivity index (χ2n) is 4.91. The SMILES string of the molecule is COc1ccc(O)c(C(=O)OCC(=O)Nc2ccc(SC(F)F)cc2)c1. The van der Waals surface area contributed by atoms with Gasteiger partial charge in [0, 0.05) is 10.6 Å². The molecule has 0 radical (unpaired) electrons. The molecule has 26 heavy (non-hydrogen) atoms. The third-order valence-corrected chi connectivity index (χ3v) is 3.84. The van der Waals surface area contributed by atoms with Crippen molar-refractivity contribution in [3.05, 3.63) is 48.0 Å². The van der Waals surface area contributed by atoms with Crippen LogP contribution in [0.25, 0.3) is 0 Å². The lowest BCUT2D eigenvalue weighted by Gasteiger charge is -2.09. The maximum absolute atomic E-state index is 12.2. The molecule has 0 aromatic heterocycles. The minimum atomic E-state index is -2.53. The van der Waals surface area contributed by atoms with Gasteiger partial charge < -0.3 is 19.9 Å². The normalized spacial score (nSPS) is 10.5. The van der Waals surface area contributed by atoms with Gasteiger partial charge in [-0.2, -0.15) is 8.78 Å². The van der Waals surface area contributed by atoms with Crippen molar-refractivity contribution in [1.29, 1.82) is 0 Å². The number of aromatic hydroxyl groups is 1. The Bertz CT molecular complexity index is 783. The highest BCUT2D eigenvalue weighted by atomic mass is 32.2. The number of carbonyl (C=O) groups is 2.